The van der Waals surface area contributed by atoms with Gasteiger partial charge in [-0.25, -0.2) is 4.68 Å². The largest absolute Gasteiger partial charge is 0.411 e. The minimum absolute atomic E-state index is 0.316. The lowest BCUT2D eigenvalue weighted by atomic mass is 10.1. The third-order valence-corrected chi connectivity index (χ3v) is 3.15. The number of aromatic nitrogens is 2. The van der Waals surface area contributed by atoms with Crippen molar-refractivity contribution in [3.8, 4) is 0 Å². The molecule has 1 amide bonds. The van der Waals surface area contributed by atoms with Crippen molar-refractivity contribution >= 4 is 11.6 Å². The molecule has 0 bridgehead atoms. The molecular weight excluding hydrogens is 311 g/mol. The van der Waals surface area contributed by atoms with Gasteiger partial charge in [0.15, 0.2) is 0 Å². The van der Waals surface area contributed by atoms with E-state index in [-0.39, 0.29) is 12.6 Å². The summed E-state index contributed by atoms with van der Waals surface area (Å²) in [5.41, 5.74) is 2.95. The minimum atomic E-state index is -4.38. The second-order valence-corrected chi connectivity index (χ2v) is 5.11. The van der Waals surface area contributed by atoms with Crippen LogP contribution in [-0.2, 0) is 11.5 Å². The van der Waals surface area contributed by atoms with Crippen LogP contribution in [0.4, 0.5) is 18.9 Å². The summed E-state index contributed by atoms with van der Waals surface area (Å²) >= 11 is 0. The molecule has 0 spiro atoms. The van der Waals surface area contributed by atoms with E-state index < -0.39 is 12.8 Å². The Kier molecular flexibility index (Phi) is 5.05. The first kappa shape index (κ1) is 17.0. The number of carbonyl (C=O) groups is 1. The summed E-state index contributed by atoms with van der Waals surface area (Å²) in [4.78, 5) is 12.1. The molecular formula is C15H16F3N3O2. The number of anilines is 1. The molecule has 0 saturated carbocycles. The van der Waals surface area contributed by atoms with Gasteiger partial charge in [-0.3, -0.25) is 4.79 Å². The highest BCUT2D eigenvalue weighted by atomic mass is 19.4. The van der Waals surface area contributed by atoms with Gasteiger partial charge in [-0.2, -0.15) is 18.3 Å². The van der Waals surface area contributed by atoms with Crippen LogP contribution >= 0.6 is 0 Å². The first-order valence-corrected chi connectivity index (χ1v) is 6.80. The predicted molar refractivity (Wildman–Crippen MR) is 78.1 cm³/mol. The number of alkyl halides is 3. The Labute approximate surface area is 131 Å². The summed E-state index contributed by atoms with van der Waals surface area (Å²) < 4.78 is 41.6. The average Bonchev–Trinajstić information content (AvgIpc) is 2.88. The third kappa shape index (κ3) is 5.10. The molecule has 0 saturated heterocycles. The molecule has 124 valence electrons. The molecule has 0 aliphatic carbocycles. The molecule has 8 heteroatoms. The van der Waals surface area contributed by atoms with Crippen LogP contribution < -0.4 is 5.32 Å². The highest BCUT2D eigenvalue weighted by Crippen LogP contribution is 2.15. The summed E-state index contributed by atoms with van der Waals surface area (Å²) in [6.07, 6.45) is -1.64. The number of nitrogens with one attached hydrogen (secondary N) is 1. The maximum atomic E-state index is 12.1. The molecule has 5 nitrogen and oxygen atoms in total. The molecule has 1 heterocycles. The summed E-state index contributed by atoms with van der Waals surface area (Å²) in [6, 6.07) is 5.31. The first-order valence-electron chi connectivity index (χ1n) is 6.80. The number of aryl methyl sites for hydroxylation is 2. The molecule has 1 N–H and O–H groups in total. The number of halogens is 3. The Morgan fingerprint density at radius 3 is 2.70 bits per heavy atom. The van der Waals surface area contributed by atoms with Gasteiger partial charge >= 0.3 is 6.18 Å². The van der Waals surface area contributed by atoms with Crippen molar-refractivity contribution in [2.45, 2.75) is 26.8 Å². The van der Waals surface area contributed by atoms with Crippen molar-refractivity contribution in [2.75, 3.05) is 11.9 Å². The summed E-state index contributed by atoms with van der Waals surface area (Å²) in [7, 11) is 0. The van der Waals surface area contributed by atoms with Crippen LogP contribution in [0.15, 0.2) is 30.6 Å². The van der Waals surface area contributed by atoms with Crippen LogP contribution in [0.2, 0.25) is 0 Å². The van der Waals surface area contributed by atoms with Crippen LogP contribution in [0, 0.1) is 13.8 Å². The van der Waals surface area contributed by atoms with E-state index in [9.17, 15) is 18.0 Å². The zero-order valence-corrected chi connectivity index (χ0v) is 12.6. The van der Waals surface area contributed by atoms with Gasteiger partial charge in [0.1, 0.15) is 13.3 Å². The Morgan fingerprint density at radius 2 is 2.04 bits per heavy atom. The number of ether oxygens (including phenoxy) is 1. The maximum absolute atomic E-state index is 12.1. The second kappa shape index (κ2) is 6.82. The SMILES string of the molecule is Cc1ccc(C(=O)Nc2cnn(COCC(F)(F)F)c2)cc1C. The number of hydrogen-bond donors (Lipinski definition) is 1. The van der Waals surface area contributed by atoms with Crippen molar-refractivity contribution in [1.29, 1.82) is 0 Å². The first-order chi connectivity index (χ1) is 10.7. The summed E-state index contributed by atoms with van der Waals surface area (Å²) in [5, 5.41) is 6.46. The number of benzene rings is 1. The predicted octanol–water partition coefficient (Wildman–Crippen LogP) is 3.29. The van der Waals surface area contributed by atoms with E-state index in [0.717, 1.165) is 11.1 Å². The van der Waals surface area contributed by atoms with Gasteiger partial charge in [0, 0.05) is 5.56 Å². The Bertz CT molecular complexity index is 696. The van der Waals surface area contributed by atoms with E-state index in [1.807, 2.05) is 19.9 Å². The van der Waals surface area contributed by atoms with Gasteiger partial charge in [-0.1, -0.05) is 6.07 Å². The zero-order chi connectivity index (χ0) is 17.0. The maximum Gasteiger partial charge on any atom is 0.411 e. The molecule has 0 atom stereocenters. The van der Waals surface area contributed by atoms with Crippen LogP contribution in [0.1, 0.15) is 21.5 Å². The van der Waals surface area contributed by atoms with Gasteiger partial charge < -0.3 is 10.1 Å². The molecule has 1 aromatic heterocycles. The number of hydrogen-bond acceptors (Lipinski definition) is 3. The fraction of sp³-hybridized carbons (Fsp3) is 0.333. The Balaban J connectivity index is 1.93. The number of carbonyl (C=O) groups excluding carboxylic acids is 1. The van der Waals surface area contributed by atoms with Crippen molar-refractivity contribution in [2.24, 2.45) is 0 Å². The fourth-order valence-electron chi connectivity index (χ4n) is 1.84. The van der Waals surface area contributed by atoms with Crippen molar-refractivity contribution in [1.82, 2.24) is 9.78 Å². The zero-order valence-electron chi connectivity index (χ0n) is 12.6. The van der Waals surface area contributed by atoms with Crippen molar-refractivity contribution < 1.29 is 22.7 Å². The average molecular weight is 327 g/mol. The standard InChI is InChI=1S/C15H16F3N3O2/c1-10-3-4-12(5-11(10)2)14(22)20-13-6-19-21(7-13)9-23-8-15(16,17)18/h3-7H,8-9H2,1-2H3,(H,20,22). The third-order valence-electron chi connectivity index (χ3n) is 3.15. The van der Waals surface area contributed by atoms with E-state index in [1.54, 1.807) is 12.1 Å². The summed E-state index contributed by atoms with van der Waals surface area (Å²) in [6.45, 7) is 2.15. The van der Waals surface area contributed by atoms with Gasteiger partial charge in [-0.15, -0.1) is 0 Å². The number of nitrogens with zero attached hydrogens (tertiary/aromatic N) is 2. The second-order valence-electron chi connectivity index (χ2n) is 5.11. The number of amides is 1. The molecule has 0 radical (unpaired) electrons. The van der Waals surface area contributed by atoms with Gasteiger partial charge in [0.25, 0.3) is 5.91 Å². The van der Waals surface area contributed by atoms with Gasteiger partial charge in [-0.05, 0) is 37.1 Å². The molecule has 0 aliphatic rings. The lowest BCUT2D eigenvalue weighted by Gasteiger charge is -2.07. The normalized spacial score (nSPS) is 11.5. The summed E-state index contributed by atoms with van der Waals surface area (Å²) in [5.74, 6) is -0.316. The van der Waals surface area contributed by atoms with E-state index in [2.05, 4.69) is 15.2 Å². The van der Waals surface area contributed by atoms with Crippen LogP contribution in [0.3, 0.4) is 0 Å². The molecule has 1 aromatic carbocycles. The van der Waals surface area contributed by atoms with Crippen molar-refractivity contribution in [3.63, 3.8) is 0 Å². The Hall–Kier alpha value is -2.35. The number of rotatable bonds is 5. The minimum Gasteiger partial charge on any atom is -0.350 e. The topological polar surface area (TPSA) is 56.2 Å². The van der Waals surface area contributed by atoms with Crippen LogP contribution in [0.5, 0.6) is 0 Å². The highest BCUT2D eigenvalue weighted by molar-refractivity contribution is 6.04. The van der Waals surface area contributed by atoms with E-state index in [1.165, 1.54) is 17.1 Å². The van der Waals surface area contributed by atoms with Crippen molar-refractivity contribution in [3.05, 3.63) is 47.3 Å². The smallest absolute Gasteiger partial charge is 0.350 e. The highest BCUT2D eigenvalue weighted by Gasteiger charge is 2.27. The molecule has 23 heavy (non-hydrogen) atoms. The molecule has 0 aliphatic heterocycles. The quantitative estimate of drug-likeness (QED) is 0.917. The lowest BCUT2D eigenvalue weighted by Crippen LogP contribution is -2.18. The lowest BCUT2D eigenvalue weighted by molar-refractivity contribution is -0.182. The van der Waals surface area contributed by atoms with E-state index in [4.69, 9.17) is 0 Å². The molecule has 0 unspecified atom stereocenters. The van der Waals surface area contributed by atoms with Crippen LogP contribution in [-0.4, -0.2) is 28.5 Å². The Morgan fingerprint density at radius 1 is 1.30 bits per heavy atom. The molecule has 2 aromatic rings. The monoisotopic (exact) mass is 327 g/mol. The van der Waals surface area contributed by atoms with E-state index in [0.29, 0.717) is 11.3 Å². The molecule has 0 fully saturated rings. The van der Waals surface area contributed by atoms with Gasteiger partial charge in [0.05, 0.1) is 18.1 Å². The van der Waals surface area contributed by atoms with Crippen LogP contribution in [0.25, 0.3) is 0 Å². The van der Waals surface area contributed by atoms with Gasteiger partial charge in [0.2, 0.25) is 0 Å². The molecule has 2 rings (SSSR count). The fourth-order valence-corrected chi connectivity index (χ4v) is 1.84. The van der Waals surface area contributed by atoms with E-state index >= 15 is 0 Å².